The first-order chi connectivity index (χ1) is 8.78. The molecule has 0 aromatic carbocycles. The number of nitrogens with one attached hydrogen (secondary N) is 1. The Balaban J connectivity index is 1.74. The highest BCUT2D eigenvalue weighted by Crippen LogP contribution is 2.10. The second-order valence-electron chi connectivity index (χ2n) is 4.00. The number of thiazole rings is 1. The van der Waals surface area contributed by atoms with Crippen molar-refractivity contribution in [1.29, 1.82) is 0 Å². The Morgan fingerprint density at radius 3 is 3.06 bits per heavy atom. The standard InChI is InChI=1S/C11H17N5OS/c1-9-13-7-11(18-9)6-12-5-10-8-16(15-14-10)3-2-4-17/h7-8,12,17H,2-6H2,1H3. The Bertz CT molecular complexity index is 481. The predicted octanol–water partition coefficient (Wildman–Crippen LogP) is 0.715. The van der Waals surface area contributed by atoms with E-state index in [2.05, 4.69) is 20.6 Å². The average Bonchev–Trinajstić information content (AvgIpc) is 2.96. The fourth-order valence-corrected chi connectivity index (χ4v) is 2.33. The van der Waals surface area contributed by atoms with Crippen LogP contribution in [0.25, 0.3) is 0 Å². The van der Waals surface area contributed by atoms with Gasteiger partial charge in [-0.15, -0.1) is 16.4 Å². The Kier molecular flexibility index (Phi) is 4.80. The van der Waals surface area contributed by atoms with Crippen LogP contribution < -0.4 is 5.32 Å². The van der Waals surface area contributed by atoms with E-state index in [4.69, 9.17) is 5.11 Å². The number of nitrogens with zero attached hydrogens (tertiary/aromatic N) is 4. The van der Waals surface area contributed by atoms with Gasteiger partial charge in [0.1, 0.15) is 0 Å². The van der Waals surface area contributed by atoms with Gasteiger partial charge >= 0.3 is 0 Å². The zero-order chi connectivity index (χ0) is 12.8. The topological polar surface area (TPSA) is 75.9 Å². The average molecular weight is 267 g/mol. The first-order valence-electron chi connectivity index (χ1n) is 5.90. The summed E-state index contributed by atoms with van der Waals surface area (Å²) in [5.41, 5.74) is 0.911. The van der Waals surface area contributed by atoms with E-state index in [1.807, 2.05) is 19.3 Å². The zero-order valence-electron chi connectivity index (χ0n) is 10.3. The molecule has 2 rings (SSSR count). The van der Waals surface area contributed by atoms with Crippen LogP contribution in [-0.4, -0.2) is 31.7 Å². The highest BCUT2D eigenvalue weighted by Gasteiger charge is 2.01. The van der Waals surface area contributed by atoms with Crippen LogP contribution in [0.5, 0.6) is 0 Å². The number of rotatable bonds is 7. The van der Waals surface area contributed by atoms with Crippen molar-refractivity contribution >= 4 is 11.3 Å². The number of hydrogen-bond donors (Lipinski definition) is 2. The molecule has 0 aliphatic heterocycles. The summed E-state index contributed by atoms with van der Waals surface area (Å²) in [6.07, 6.45) is 4.50. The van der Waals surface area contributed by atoms with E-state index in [0.29, 0.717) is 19.5 Å². The second-order valence-corrected chi connectivity index (χ2v) is 5.32. The second kappa shape index (κ2) is 6.58. The van der Waals surface area contributed by atoms with Crippen LogP contribution in [0.3, 0.4) is 0 Å². The summed E-state index contributed by atoms with van der Waals surface area (Å²) in [5, 5.41) is 21.2. The molecule has 0 spiro atoms. The molecule has 2 N–H and O–H groups in total. The minimum absolute atomic E-state index is 0.179. The van der Waals surface area contributed by atoms with E-state index < -0.39 is 0 Å². The van der Waals surface area contributed by atoms with Crippen LogP contribution in [0, 0.1) is 6.92 Å². The Labute approximate surface area is 110 Å². The lowest BCUT2D eigenvalue weighted by atomic mass is 10.4. The summed E-state index contributed by atoms with van der Waals surface area (Å²) in [6.45, 7) is 4.38. The van der Waals surface area contributed by atoms with Crippen LogP contribution in [-0.2, 0) is 19.6 Å². The lowest BCUT2D eigenvalue weighted by Gasteiger charge is -1.98. The van der Waals surface area contributed by atoms with Gasteiger partial charge in [0, 0.05) is 43.5 Å². The fraction of sp³-hybridized carbons (Fsp3) is 0.545. The molecule has 0 saturated heterocycles. The Morgan fingerprint density at radius 1 is 1.44 bits per heavy atom. The predicted molar refractivity (Wildman–Crippen MR) is 69.1 cm³/mol. The summed E-state index contributed by atoms with van der Waals surface area (Å²) >= 11 is 1.70. The number of aliphatic hydroxyl groups excluding tert-OH is 1. The fourth-order valence-electron chi connectivity index (χ4n) is 1.56. The largest absolute Gasteiger partial charge is 0.396 e. The minimum atomic E-state index is 0.179. The number of aromatic nitrogens is 4. The molecule has 98 valence electrons. The van der Waals surface area contributed by atoms with Crippen LogP contribution in [0.1, 0.15) is 22.0 Å². The van der Waals surface area contributed by atoms with Gasteiger partial charge < -0.3 is 10.4 Å². The summed E-state index contributed by atoms with van der Waals surface area (Å²) < 4.78 is 1.75. The third-order valence-electron chi connectivity index (χ3n) is 2.41. The van der Waals surface area contributed by atoms with Crippen molar-refractivity contribution in [1.82, 2.24) is 25.3 Å². The molecule has 2 heterocycles. The SMILES string of the molecule is Cc1ncc(CNCc2cn(CCCO)nn2)s1. The van der Waals surface area contributed by atoms with E-state index in [9.17, 15) is 0 Å². The molecule has 0 bridgehead atoms. The van der Waals surface area contributed by atoms with Gasteiger partial charge in [0.2, 0.25) is 0 Å². The van der Waals surface area contributed by atoms with Gasteiger partial charge in [-0.2, -0.15) is 0 Å². The molecule has 18 heavy (non-hydrogen) atoms. The van der Waals surface area contributed by atoms with Crippen LogP contribution >= 0.6 is 11.3 Å². The van der Waals surface area contributed by atoms with E-state index in [0.717, 1.165) is 17.2 Å². The van der Waals surface area contributed by atoms with Crippen LogP contribution in [0.2, 0.25) is 0 Å². The maximum absolute atomic E-state index is 8.73. The summed E-state index contributed by atoms with van der Waals surface area (Å²) in [6, 6.07) is 0. The van der Waals surface area contributed by atoms with Crippen LogP contribution in [0.15, 0.2) is 12.4 Å². The van der Waals surface area contributed by atoms with Crippen molar-refractivity contribution in [2.24, 2.45) is 0 Å². The molecule has 2 aromatic rings. The van der Waals surface area contributed by atoms with Crippen molar-refractivity contribution in [2.75, 3.05) is 6.61 Å². The molecule has 0 amide bonds. The Morgan fingerprint density at radius 2 is 2.33 bits per heavy atom. The third kappa shape index (κ3) is 3.86. The van der Waals surface area contributed by atoms with Crippen molar-refractivity contribution < 1.29 is 5.11 Å². The normalized spacial score (nSPS) is 11.0. The number of aryl methyl sites for hydroxylation is 2. The van der Waals surface area contributed by atoms with E-state index in [-0.39, 0.29) is 6.61 Å². The summed E-state index contributed by atoms with van der Waals surface area (Å²) in [5.74, 6) is 0. The van der Waals surface area contributed by atoms with Crippen molar-refractivity contribution in [2.45, 2.75) is 33.0 Å². The Hall–Kier alpha value is -1.31. The molecule has 0 fully saturated rings. The van der Waals surface area contributed by atoms with E-state index in [1.54, 1.807) is 16.0 Å². The first kappa shape index (κ1) is 13.1. The van der Waals surface area contributed by atoms with Gasteiger partial charge in [0.15, 0.2) is 0 Å². The third-order valence-corrected chi connectivity index (χ3v) is 3.32. The molecule has 7 heteroatoms. The van der Waals surface area contributed by atoms with Crippen molar-refractivity contribution in [3.05, 3.63) is 28.0 Å². The van der Waals surface area contributed by atoms with Gasteiger partial charge in [-0.3, -0.25) is 4.68 Å². The highest BCUT2D eigenvalue weighted by molar-refractivity contribution is 7.11. The van der Waals surface area contributed by atoms with Crippen molar-refractivity contribution in [3.63, 3.8) is 0 Å². The van der Waals surface area contributed by atoms with Crippen molar-refractivity contribution in [3.8, 4) is 0 Å². The molecule has 0 radical (unpaired) electrons. The van der Waals surface area contributed by atoms with Gasteiger partial charge in [-0.05, 0) is 13.3 Å². The quantitative estimate of drug-likeness (QED) is 0.773. The molecular weight excluding hydrogens is 250 g/mol. The molecule has 0 saturated carbocycles. The van der Waals surface area contributed by atoms with Gasteiger partial charge in [-0.1, -0.05) is 5.21 Å². The molecule has 2 aromatic heterocycles. The van der Waals surface area contributed by atoms with Crippen LogP contribution in [0.4, 0.5) is 0 Å². The molecule has 0 atom stereocenters. The van der Waals surface area contributed by atoms with Gasteiger partial charge in [0.25, 0.3) is 0 Å². The van der Waals surface area contributed by atoms with Gasteiger partial charge in [-0.25, -0.2) is 4.98 Å². The summed E-state index contributed by atoms with van der Waals surface area (Å²) in [7, 11) is 0. The number of hydrogen-bond acceptors (Lipinski definition) is 6. The smallest absolute Gasteiger partial charge is 0.0964 e. The highest BCUT2D eigenvalue weighted by atomic mass is 32.1. The molecule has 0 aliphatic rings. The molecule has 6 nitrogen and oxygen atoms in total. The zero-order valence-corrected chi connectivity index (χ0v) is 11.2. The summed E-state index contributed by atoms with van der Waals surface area (Å²) in [4.78, 5) is 5.43. The number of aliphatic hydroxyl groups is 1. The molecular formula is C11H17N5OS. The van der Waals surface area contributed by atoms with E-state index >= 15 is 0 Å². The monoisotopic (exact) mass is 267 g/mol. The molecule has 0 aliphatic carbocycles. The van der Waals surface area contributed by atoms with E-state index in [1.165, 1.54) is 4.88 Å². The lowest BCUT2D eigenvalue weighted by molar-refractivity contribution is 0.276. The maximum atomic E-state index is 8.73. The first-order valence-corrected chi connectivity index (χ1v) is 6.71. The lowest BCUT2D eigenvalue weighted by Crippen LogP contribution is -2.12. The molecule has 0 unspecified atom stereocenters. The van der Waals surface area contributed by atoms with Gasteiger partial charge in [0.05, 0.1) is 10.7 Å². The minimum Gasteiger partial charge on any atom is -0.396 e. The maximum Gasteiger partial charge on any atom is 0.0964 e.